The summed E-state index contributed by atoms with van der Waals surface area (Å²) in [4.78, 5) is 23.4. The van der Waals surface area contributed by atoms with E-state index in [2.05, 4.69) is 0 Å². The Labute approximate surface area is 105 Å². The lowest BCUT2D eigenvalue weighted by Gasteiger charge is -2.19. The van der Waals surface area contributed by atoms with Crippen LogP contribution in [-0.2, 0) is 9.59 Å². The van der Waals surface area contributed by atoms with Gasteiger partial charge in [0.05, 0.1) is 19.9 Å². The molecule has 0 saturated carbocycles. The molecule has 0 aromatic heterocycles. The quantitative estimate of drug-likeness (QED) is 0.796. The number of anilines is 1. The van der Waals surface area contributed by atoms with E-state index in [9.17, 15) is 9.59 Å². The second-order valence-corrected chi connectivity index (χ2v) is 3.56. The SMILES string of the molecule is COc1ccc(N(C)C(=O)CC(=O)O)c(OC)c1. The largest absolute Gasteiger partial charge is 0.497 e. The molecule has 1 amide bonds. The molecule has 0 unspecified atom stereocenters. The van der Waals surface area contributed by atoms with Gasteiger partial charge in [-0.1, -0.05) is 0 Å². The number of rotatable bonds is 5. The molecule has 6 heteroatoms. The molecular weight excluding hydrogens is 238 g/mol. The maximum atomic E-state index is 11.6. The second-order valence-electron chi connectivity index (χ2n) is 3.56. The number of carbonyl (C=O) groups excluding carboxylic acids is 1. The first-order chi connectivity index (χ1) is 8.49. The maximum Gasteiger partial charge on any atom is 0.312 e. The van der Waals surface area contributed by atoms with Gasteiger partial charge in [-0.25, -0.2) is 0 Å². The van der Waals surface area contributed by atoms with Gasteiger partial charge < -0.3 is 19.5 Å². The highest BCUT2D eigenvalue weighted by Crippen LogP contribution is 2.31. The molecule has 18 heavy (non-hydrogen) atoms. The molecule has 0 bridgehead atoms. The van der Waals surface area contributed by atoms with Crippen LogP contribution in [0.25, 0.3) is 0 Å². The Morgan fingerprint density at radius 1 is 1.28 bits per heavy atom. The van der Waals surface area contributed by atoms with Gasteiger partial charge in [0.25, 0.3) is 0 Å². The molecular formula is C12H15NO5. The minimum absolute atomic E-state index is 0.440. The molecule has 0 fully saturated rings. The van der Waals surface area contributed by atoms with E-state index < -0.39 is 18.3 Å². The predicted octanol–water partition coefficient (Wildman–Crippen LogP) is 1.14. The van der Waals surface area contributed by atoms with Crippen molar-refractivity contribution in [3.8, 4) is 11.5 Å². The average Bonchev–Trinajstić information content (AvgIpc) is 2.36. The fourth-order valence-corrected chi connectivity index (χ4v) is 1.44. The van der Waals surface area contributed by atoms with Gasteiger partial charge in [0, 0.05) is 13.1 Å². The van der Waals surface area contributed by atoms with Gasteiger partial charge >= 0.3 is 5.97 Å². The Hall–Kier alpha value is -2.24. The number of hydrogen-bond donors (Lipinski definition) is 1. The first-order valence-corrected chi connectivity index (χ1v) is 5.20. The number of aliphatic carboxylic acids is 1. The number of nitrogens with zero attached hydrogens (tertiary/aromatic N) is 1. The molecule has 0 aliphatic heterocycles. The summed E-state index contributed by atoms with van der Waals surface area (Å²) in [5.74, 6) is -0.657. The van der Waals surface area contributed by atoms with Crippen LogP contribution in [0.5, 0.6) is 11.5 Å². The number of benzene rings is 1. The van der Waals surface area contributed by atoms with E-state index in [1.807, 2.05) is 0 Å². The Morgan fingerprint density at radius 3 is 2.44 bits per heavy atom. The lowest BCUT2D eigenvalue weighted by molar-refractivity contribution is -0.140. The number of carboxylic acid groups (broad SMARTS) is 1. The van der Waals surface area contributed by atoms with Gasteiger partial charge in [-0.3, -0.25) is 9.59 Å². The van der Waals surface area contributed by atoms with Crippen molar-refractivity contribution in [1.82, 2.24) is 0 Å². The number of amides is 1. The highest BCUT2D eigenvalue weighted by atomic mass is 16.5. The van der Waals surface area contributed by atoms with E-state index in [-0.39, 0.29) is 0 Å². The molecule has 0 heterocycles. The Balaban J connectivity index is 3.01. The number of methoxy groups -OCH3 is 2. The maximum absolute atomic E-state index is 11.6. The summed E-state index contributed by atoms with van der Waals surface area (Å²) >= 11 is 0. The molecule has 0 aliphatic carbocycles. The van der Waals surface area contributed by atoms with Crippen LogP contribution < -0.4 is 14.4 Å². The molecule has 0 spiro atoms. The van der Waals surface area contributed by atoms with Crippen molar-refractivity contribution in [1.29, 1.82) is 0 Å². The topological polar surface area (TPSA) is 76.1 Å². The smallest absolute Gasteiger partial charge is 0.312 e. The van der Waals surface area contributed by atoms with Crippen molar-refractivity contribution in [3.05, 3.63) is 18.2 Å². The number of carboxylic acids is 1. The molecule has 0 aliphatic rings. The summed E-state index contributed by atoms with van der Waals surface area (Å²) in [6.07, 6.45) is -0.564. The van der Waals surface area contributed by atoms with Crippen LogP contribution in [0.4, 0.5) is 5.69 Å². The zero-order chi connectivity index (χ0) is 13.7. The van der Waals surface area contributed by atoms with E-state index in [1.54, 1.807) is 18.2 Å². The van der Waals surface area contributed by atoms with E-state index in [4.69, 9.17) is 14.6 Å². The lowest BCUT2D eigenvalue weighted by Crippen LogP contribution is -2.28. The number of hydrogen-bond acceptors (Lipinski definition) is 4. The predicted molar refractivity (Wildman–Crippen MR) is 65.2 cm³/mol. The summed E-state index contributed by atoms with van der Waals surface area (Å²) < 4.78 is 10.2. The summed E-state index contributed by atoms with van der Waals surface area (Å²) in [7, 11) is 4.48. The van der Waals surface area contributed by atoms with E-state index >= 15 is 0 Å². The standard InChI is InChI=1S/C12H15NO5/c1-13(11(14)7-12(15)16)9-5-4-8(17-2)6-10(9)18-3/h4-6H,7H2,1-3H3,(H,15,16). The Kier molecular flexibility index (Phi) is 4.53. The van der Waals surface area contributed by atoms with Crippen LogP contribution in [0.1, 0.15) is 6.42 Å². The van der Waals surface area contributed by atoms with Crippen molar-refractivity contribution in [2.75, 3.05) is 26.2 Å². The minimum Gasteiger partial charge on any atom is -0.497 e. The molecule has 1 aromatic rings. The zero-order valence-corrected chi connectivity index (χ0v) is 10.5. The van der Waals surface area contributed by atoms with Crippen LogP contribution >= 0.6 is 0 Å². The molecule has 0 radical (unpaired) electrons. The van der Waals surface area contributed by atoms with Gasteiger partial charge in [0.15, 0.2) is 0 Å². The van der Waals surface area contributed by atoms with Crippen LogP contribution in [0.15, 0.2) is 18.2 Å². The molecule has 1 rings (SSSR count). The zero-order valence-electron chi connectivity index (χ0n) is 10.5. The van der Waals surface area contributed by atoms with Gasteiger partial charge in [-0.2, -0.15) is 0 Å². The molecule has 0 saturated heterocycles. The molecule has 1 aromatic carbocycles. The van der Waals surface area contributed by atoms with E-state index in [0.717, 1.165) is 0 Å². The van der Waals surface area contributed by atoms with E-state index in [1.165, 1.54) is 26.2 Å². The van der Waals surface area contributed by atoms with Crippen LogP contribution in [0.2, 0.25) is 0 Å². The average molecular weight is 253 g/mol. The third-order valence-corrected chi connectivity index (χ3v) is 2.42. The van der Waals surface area contributed by atoms with Crippen LogP contribution in [-0.4, -0.2) is 38.3 Å². The van der Waals surface area contributed by atoms with Gasteiger partial charge in [0.2, 0.25) is 5.91 Å². The third-order valence-electron chi connectivity index (χ3n) is 2.42. The van der Waals surface area contributed by atoms with Crippen molar-refractivity contribution in [2.45, 2.75) is 6.42 Å². The Morgan fingerprint density at radius 2 is 1.94 bits per heavy atom. The highest BCUT2D eigenvalue weighted by Gasteiger charge is 2.18. The van der Waals surface area contributed by atoms with Crippen molar-refractivity contribution in [3.63, 3.8) is 0 Å². The first-order valence-electron chi connectivity index (χ1n) is 5.20. The van der Waals surface area contributed by atoms with Gasteiger partial charge in [0.1, 0.15) is 17.9 Å². The third kappa shape index (κ3) is 3.13. The molecule has 98 valence electrons. The number of ether oxygens (including phenoxy) is 2. The van der Waals surface area contributed by atoms with Crippen LogP contribution in [0, 0.1) is 0 Å². The fraction of sp³-hybridized carbons (Fsp3) is 0.333. The van der Waals surface area contributed by atoms with Crippen LogP contribution in [0.3, 0.4) is 0 Å². The monoisotopic (exact) mass is 253 g/mol. The molecule has 0 atom stereocenters. The summed E-state index contributed by atoms with van der Waals surface area (Å²) in [6.45, 7) is 0. The molecule has 1 N–H and O–H groups in total. The van der Waals surface area contributed by atoms with Gasteiger partial charge in [-0.05, 0) is 12.1 Å². The number of carbonyl (C=O) groups is 2. The highest BCUT2D eigenvalue weighted by molar-refractivity contribution is 6.03. The summed E-state index contributed by atoms with van der Waals surface area (Å²) in [5.41, 5.74) is 0.490. The second kappa shape index (κ2) is 5.90. The minimum atomic E-state index is -1.17. The van der Waals surface area contributed by atoms with Crippen molar-refractivity contribution in [2.24, 2.45) is 0 Å². The fourth-order valence-electron chi connectivity index (χ4n) is 1.44. The van der Waals surface area contributed by atoms with Gasteiger partial charge in [-0.15, -0.1) is 0 Å². The lowest BCUT2D eigenvalue weighted by atomic mass is 10.2. The van der Waals surface area contributed by atoms with Crippen molar-refractivity contribution >= 4 is 17.6 Å². The van der Waals surface area contributed by atoms with E-state index in [0.29, 0.717) is 17.2 Å². The first kappa shape index (κ1) is 13.8. The van der Waals surface area contributed by atoms with Crippen molar-refractivity contribution < 1.29 is 24.2 Å². The molecule has 6 nitrogen and oxygen atoms in total. The summed E-state index contributed by atoms with van der Waals surface area (Å²) in [6, 6.07) is 4.93. The summed E-state index contributed by atoms with van der Waals surface area (Å²) in [5, 5.41) is 8.59. The normalized spacial score (nSPS) is 9.72. The Bertz CT molecular complexity index is 458.